The van der Waals surface area contributed by atoms with Gasteiger partial charge < -0.3 is 0 Å². The van der Waals surface area contributed by atoms with Crippen molar-refractivity contribution in [2.75, 3.05) is 12.0 Å². The van der Waals surface area contributed by atoms with Gasteiger partial charge in [0.2, 0.25) is 0 Å². The average molecular weight is 472 g/mol. The van der Waals surface area contributed by atoms with Crippen molar-refractivity contribution in [1.29, 1.82) is 0 Å². The van der Waals surface area contributed by atoms with Gasteiger partial charge in [-0.3, -0.25) is 0 Å². The van der Waals surface area contributed by atoms with Gasteiger partial charge in [-0.15, -0.1) is 0 Å². The van der Waals surface area contributed by atoms with Crippen molar-refractivity contribution in [1.82, 2.24) is 24.7 Å². The lowest BCUT2D eigenvalue weighted by molar-refractivity contribution is 0.601. The summed E-state index contributed by atoms with van der Waals surface area (Å²) in [4.78, 5) is 13.4. The van der Waals surface area contributed by atoms with E-state index in [1.165, 1.54) is 24.3 Å². The third kappa shape index (κ3) is 5.69. The summed E-state index contributed by atoms with van der Waals surface area (Å²) in [5.74, 6) is 0.123. The molecule has 0 aliphatic rings. The molecule has 0 N–H and O–H groups in total. The number of aryl methyl sites for hydroxylation is 1. The molecule has 7 nitrogen and oxygen atoms in total. The number of hydrogen-bond donors (Lipinski definition) is 0. The molecule has 0 amide bonds. The monoisotopic (exact) mass is 471 g/mol. The van der Waals surface area contributed by atoms with Crippen molar-refractivity contribution in [3.63, 3.8) is 0 Å². The minimum absolute atomic E-state index is 0.123. The molecule has 4 rings (SSSR count). The molecule has 10 heteroatoms. The maximum Gasteiger partial charge on any atom is 0.147 e. The minimum Gasteiger partial charge on any atom is -0.248 e. The summed E-state index contributed by atoms with van der Waals surface area (Å²) in [6.45, 7) is 0. The van der Waals surface area contributed by atoms with Gasteiger partial charge in [0.15, 0.2) is 0 Å². The third-order valence-corrected chi connectivity index (χ3v) is 6.53. The zero-order valence-corrected chi connectivity index (χ0v) is 18.9. The van der Waals surface area contributed by atoms with Gasteiger partial charge in [-0.1, -0.05) is 47.6 Å². The highest BCUT2D eigenvalue weighted by Gasteiger charge is 2.15. The number of halogens is 1. The molecule has 0 spiro atoms. The summed E-state index contributed by atoms with van der Waals surface area (Å²) in [6.07, 6.45) is 10.1. The van der Waals surface area contributed by atoms with Crippen LogP contribution in [0.5, 0.6) is 0 Å². The van der Waals surface area contributed by atoms with Crippen LogP contribution in [0.1, 0.15) is 5.56 Å². The van der Waals surface area contributed by atoms with Gasteiger partial charge in [0, 0.05) is 24.2 Å². The predicted molar refractivity (Wildman–Crippen MR) is 121 cm³/mol. The molecule has 0 unspecified atom stereocenters. The lowest BCUT2D eigenvalue weighted by Crippen LogP contribution is -2.05. The third-order valence-electron chi connectivity index (χ3n) is 4.40. The van der Waals surface area contributed by atoms with Gasteiger partial charge in [0.1, 0.15) is 32.6 Å². The Balaban J connectivity index is 1.67. The summed E-state index contributed by atoms with van der Waals surface area (Å²) >= 11 is 7.43. The Morgan fingerprint density at radius 1 is 1.03 bits per heavy atom. The first kappa shape index (κ1) is 21.5. The number of hydrogen-bond acceptors (Lipinski definition) is 7. The van der Waals surface area contributed by atoms with Crippen molar-refractivity contribution in [3.05, 3.63) is 78.1 Å². The van der Waals surface area contributed by atoms with Gasteiger partial charge in [0.05, 0.1) is 28.1 Å². The van der Waals surface area contributed by atoms with Crippen LogP contribution in [0.25, 0.3) is 16.9 Å². The van der Waals surface area contributed by atoms with Crippen LogP contribution in [-0.2, 0) is 16.3 Å². The molecule has 0 aliphatic carbocycles. The Morgan fingerprint density at radius 3 is 2.42 bits per heavy atom. The van der Waals surface area contributed by atoms with E-state index in [0.717, 1.165) is 32.4 Å². The lowest BCUT2D eigenvalue weighted by atomic mass is 10.1. The van der Waals surface area contributed by atoms with Gasteiger partial charge in [0.25, 0.3) is 0 Å². The molecule has 3 heterocycles. The average Bonchev–Trinajstić information content (AvgIpc) is 3.18. The minimum atomic E-state index is -3.00. The first-order valence-electron chi connectivity index (χ1n) is 9.29. The molecule has 4 aromatic rings. The van der Waals surface area contributed by atoms with E-state index in [4.69, 9.17) is 16.7 Å². The molecule has 0 aliphatic heterocycles. The summed E-state index contributed by atoms with van der Waals surface area (Å²) in [5.41, 5.74) is 3.39. The van der Waals surface area contributed by atoms with Crippen molar-refractivity contribution in [3.8, 4) is 16.9 Å². The van der Waals surface area contributed by atoms with Crippen molar-refractivity contribution in [2.24, 2.45) is 0 Å². The molecule has 0 saturated carbocycles. The molecule has 0 fully saturated rings. The maximum absolute atomic E-state index is 11.4. The molecular weight excluding hydrogens is 454 g/mol. The van der Waals surface area contributed by atoms with Crippen LogP contribution in [0, 0.1) is 0 Å². The molecule has 1 aromatic carbocycles. The van der Waals surface area contributed by atoms with E-state index < -0.39 is 9.84 Å². The molecule has 31 heavy (non-hydrogen) atoms. The van der Waals surface area contributed by atoms with E-state index >= 15 is 0 Å². The molecule has 158 valence electrons. The smallest absolute Gasteiger partial charge is 0.147 e. The summed E-state index contributed by atoms with van der Waals surface area (Å²) < 4.78 is 24.6. The first-order valence-corrected chi connectivity index (χ1v) is 12.5. The molecule has 0 bridgehead atoms. The van der Waals surface area contributed by atoms with Crippen LogP contribution in [0.2, 0.25) is 5.02 Å². The second-order valence-electron chi connectivity index (χ2n) is 6.88. The molecule has 3 aromatic heterocycles. The quantitative estimate of drug-likeness (QED) is 0.400. The van der Waals surface area contributed by atoms with Crippen LogP contribution < -0.4 is 0 Å². The number of benzene rings is 1. The zero-order chi connectivity index (χ0) is 21.8. The second-order valence-corrected chi connectivity index (χ2v) is 10.6. The standard InChI is InChI=1S/C21H18ClN5O2S2/c1-31(28,29)9-8-15-2-4-16(5-3-15)21-19(30-20-7-6-17(22)10-25-20)13-27(26-21)18-11-23-14-24-12-18/h2-7,10-14H,8-9H2,1H3. The maximum atomic E-state index is 11.4. The van der Waals surface area contributed by atoms with E-state index in [0.29, 0.717) is 11.4 Å². The van der Waals surface area contributed by atoms with Gasteiger partial charge in [-0.05, 0) is 24.1 Å². The van der Waals surface area contributed by atoms with Crippen LogP contribution in [0.4, 0.5) is 0 Å². The van der Waals surface area contributed by atoms with Gasteiger partial charge in [-0.25, -0.2) is 28.1 Å². The fourth-order valence-electron chi connectivity index (χ4n) is 2.84. The van der Waals surface area contributed by atoms with E-state index in [2.05, 4.69) is 15.0 Å². The molecule has 0 radical (unpaired) electrons. The normalized spacial score (nSPS) is 11.5. The Labute approximate surface area is 189 Å². The molecular formula is C21H18ClN5O2S2. The molecule has 0 atom stereocenters. The highest BCUT2D eigenvalue weighted by atomic mass is 35.5. The second kappa shape index (κ2) is 9.17. The van der Waals surface area contributed by atoms with E-state index in [1.54, 1.807) is 29.3 Å². The van der Waals surface area contributed by atoms with Gasteiger partial charge in [-0.2, -0.15) is 5.10 Å². The Bertz CT molecular complexity index is 1280. The van der Waals surface area contributed by atoms with E-state index in [1.807, 2.05) is 36.5 Å². The molecule has 0 saturated heterocycles. The lowest BCUT2D eigenvalue weighted by Gasteiger charge is -2.05. The van der Waals surface area contributed by atoms with Crippen LogP contribution in [0.3, 0.4) is 0 Å². The Kier molecular flexibility index (Phi) is 6.35. The summed E-state index contributed by atoms with van der Waals surface area (Å²) in [6, 6.07) is 11.4. The summed E-state index contributed by atoms with van der Waals surface area (Å²) in [5, 5.41) is 6.11. The zero-order valence-electron chi connectivity index (χ0n) is 16.5. The Hall–Kier alpha value is -2.75. The van der Waals surface area contributed by atoms with Crippen molar-refractivity contribution < 1.29 is 8.42 Å². The number of aromatic nitrogens is 5. The van der Waals surface area contributed by atoms with Gasteiger partial charge >= 0.3 is 0 Å². The van der Waals surface area contributed by atoms with Crippen molar-refractivity contribution in [2.45, 2.75) is 16.3 Å². The van der Waals surface area contributed by atoms with Crippen LogP contribution in [0.15, 0.2) is 77.4 Å². The largest absolute Gasteiger partial charge is 0.248 e. The fourth-order valence-corrected chi connectivity index (χ4v) is 4.44. The van der Waals surface area contributed by atoms with Crippen molar-refractivity contribution >= 4 is 33.2 Å². The Morgan fingerprint density at radius 2 is 1.77 bits per heavy atom. The highest BCUT2D eigenvalue weighted by molar-refractivity contribution is 7.99. The van der Waals surface area contributed by atoms with Crippen LogP contribution in [-0.4, -0.2) is 45.2 Å². The van der Waals surface area contributed by atoms with E-state index in [-0.39, 0.29) is 5.75 Å². The fraction of sp³-hybridized carbons (Fsp3) is 0.143. The number of sulfone groups is 1. The first-order chi connectivity index (χ1) is 14.9. The van der Waals surface area contributed by atoms with Crippen LogP contribution >= 0.6 is 23.4 Å². The number of rotatable bonds is 7. The highest BCUT2D eigenvalue weighted by Crippen LogP contribution is 2.35. The SMILES string of the molecule is CS(=O)(=O)CCc1ccc(-c2nn(-c3cncnc3)cc2Sc2ccc(Cl)cn2)cc1. The van der Waals surface area contributed by atoms with E-state index in [9.17, 15) is 8.42 Å². The number of nitrogens with zero attached hydrogens (tertiary/aromatic N) is 5. The predicted octanol–water partition coefficient (Wildman–Crippen LogP) is 4.12. The topological polar surface area (TPSA) is 90.6 Å². The number of pyridine rings is 1. The summed E-state index contributed by atoms with van der Waals surface area (Å²) in [7, 11) is -3.00.